The van der Waals surface area contributed by atoms with Crippen LogP contribution in [-0.2, 0) is 4.74 Å². The Labute approximate surface area is 116 Å². The fraction of sp³-hybridized carbons (Fsp3) is 0.625. The van der Waals surface area contributed by atoms with Crippen molar-refractivity contribution in [2.24, 2.45) is 5.73 Å². The number of nitrogens with two attached hydrogens (primary N) is 1. The van der Waals surface area contributed by atoms with E-state index in [4.69, 9.17) is 10.5 Å². The summed E-state index contributed by atoms with van der Waals surface area (Å²) in [6.45, 7) is 9.10. The fourth-order valence-corrected chi connectivity index (χ4v) is 2.62. The van der Waals surface area contributed by atoms with Gasteiger partial charge in [-0.05, 0) is 36.0 Å². The highest BCUT2D eigenvalue weighted by atomic mass is 16.5. The Bertz CT molecular complexity index is 411. The van der Waals surface area contributed by atoms with Gasteiger partial charge < -0.3 is 15.8 Å². The first kappa shape index (κ1) is 14.5. The summed E-state index contributed by atoms with van der Waals surface area (Å²) in [5.74, 6) is 0.544. The first-order valence-electron chi connectivity index (χ1n) is 7.25. The largest absolute Gasteiger partial charge is 0.379 e. The molecule has 1 fully saturated rings. The van der Waals surface area contributed by atoms with Gasteiger partial charge in [-0.2, -0.15) is 0 Å². The summed E-state index contributed by atoms with van der Waals surface area (Å²) in [7, 11) is 0. The van der Waals surface area contributed by atoms with E-state index in [2.05, 4.69) is 44.3 Å². The second-order valence-electron chi connectivity index (χ2n) is 5.84. The third-order valence-corrected chi connectivity index (χ3v) is 3.91. The van der Waals surface area contributed by atoms with Gasteiger partial charge in [0.05, 0.1) is 13.2 Å². The second-order valence-corrected chi connectivity index (χ2v) is 5.84. The van der Waals surface area contributed by atoms with Crippen LogP contribution in [0.5, 0.6) is 0 Å². The molecule has 1 heterocycles. The van der Waals surface area contributed by atoms with Gasteiger partial charge in [0, 0.05) is 18.6 Å². The summed E-state index contributed by atoms with van der Waals surface area (Å²) < 4.78 is 5.49. The first-order chi connectivity index (χ1) is 9.08. The van der Waals surface area contributed by atoms with E-state index in [9.17, 15) is 0 Å². The van der Waals surface area contributed by atoms with E-state index in [1.165, 1.54) is 16.7 Å². The SMILES string of the molecule is Cc1ccc(C(C)C)cc1C(N)CC1COCCN1. The van der Waals surface area contributed by atoms with Crippen molar-refractivity contribution >= 4 is 0 Å². The number of ether oxygens (including phenoxy) is 1. The smallest absolute Gasteiger partial charge is 0.0620 e. The summed E-state index contributed by atoms with van der Waals surface area (Å²) >= 11 is 0. The van der Waals surface area contributed by atoms with Crippen molar-refractivity contribution in [3.63, 3.8) is 0 Å². The van der Waals surface area contributed by atoms with Gasteiger partial charge in [-0.3, -0.25) is 0 Å². The molecule has 0 radical (unpaired) electrons. The molecule has 3 heteroatoms. The van der Waals surface area contributed by atoms with Crippen molar-refractivity contribution in [2.75, 3.05) is 19.8 Å². The zero-order chi connectivity index (χ0) is 13.8. The maximum atomic E-state index is 6.40. The zero-order valence-electron chi connectivity index (χ0n) is 12.3. The molecule has 106 valence electrons. The summed E-state index contributed by atoms with van der Waals surface area (Å²) in [6, 6.07) is 7.13. The molecule has 0 bridgehead atoms. The summed E-state index contributed by atoms with van der Waals surface area (Å²) in [4.78, 5) is 0. The van der Waals surface area contributed by atoms with Gasteiger partial charge in [0.1, 0.15) is 0 Å². The second kappa shape index (κ2) is 6.51. The molecule has 0 spiro atoms. The molecule has 2 rings (SSSR count). The summed E-state index contributed by atoms with van der Waals surface area (Å²) in [6.07, 6.45) is 0.933. The molecule has 1 aliphatic rings. The molecule has 0 amide bonds. The molecule has 3 nitrogen and oxygen atoms in total. The van der Waals surface area contributed by atoms with Crippen molar-refractivity contribution < 1.29 is 4.74 Å². The standard InChI is InChI=1S/C16H26N2O/c1-11(2)13-5-4-12(3)15(8-13)16(17)9-14-10-19-7-6-18-14/h4-5,8,11,14,16,18H,6-7,9-10,17H2,1-3H3. The predicted molar refractivity (Wildman–Crippen MR) is 79.4 cm³/mol. The molecule has 19 heavy (non-hydrogen) atoms. The maximum absolute atomic E-state index is 6.40. The lowest BCUT2D eigenvalue weighted by atomic mass is 9.91. The molecular formula is C16H26N2O. The van der Waals surface area contributed by atoms with Gasteiger partial charge in [0.15, 0.2) is 0 Å². The molecule has 0 aliphatic carbocycles. The molecule has 0 aromatic heterocycles. The van der Waals surface area contributed by atoms with E-state index in [0.29, 0.717) is 12.0 Å². The van der Waals surface area contributed by atoms with Crippen molar-refractivity contribution in [2.45, 2.75) is 45.2 Å². The molecule has 0 saturated carbocycles. The topological polar surface area (TPSA) is 47.3 Å². The van der Waals surface area contributed by atoms with Gasteiger partial charge in [-0.1, -0.05) is 32.0 Å². The molecule has 3 N–H and O–H groups in total. The van der Waals surface area contributed by atoms with Crippen LogP contribution >= 0.6 is 0 Å². The monoisotopic (exact) mass is 262 g/mol. The van der Waals surface area contributed by atoms with Crippen molar-refractivity contribution in [3.8, 4) is 0 Å². The van der Waals surface area contributed by atoms with E-state index in [1.807, 2.05) is 0 Å². The maximum Gasteiger partial charge on any atom is 0.0620 e. The van der Waals surface area contributed by atoms with Gasteiger partial charge in [-0.15, -0.1) is 0 Å². The number of nitrogens with one attached hydrogen (secondary N) is 1. The minimum Gasteiger partial charge on any atom is -0.379 e. The third kappa shape index (κ3) is 3.78. The number of benzene rings is 1. The van der Waals surface area contributed by atoms with Crippen LogP contribution in [0, 0.1) is 6.92 Å². The Morgan fingerprint density at radius 1 is 1.42 bits per heavy atom. The highest BCUT2D eigenvalue weighted by molar-refractivity contribution is 5.34. The summed E-state index contributed by atoms with van der Waals surface area (Å²) in [5.41, 5.74) is 10.3. The van der Waals surface area contributed by atoms with Gasteiger partial charge >= 0.3 is 0 Å². The lowest BCUT2D eigenvalue weighted by Gasteiger charge is -2.27. The molecule has 2 atom stereocenters. The average Bonchev–Trinajstić information content (AvgIpc) is 2.40. The minimum absolute atomic E-state index is 0.0814. The third-order valence-electron chi connectivity index (χ3n) is 3.91. The van der Waals surface area contributed by atoms with Crippen LogP contribution in [0.25, 0.3) is 0 Å². The molecule has 1 aliphatic heterocycles. The first-order valence-corrected chi connectivity index (χ1v) is 7.25. The highest BCUT2D eigenvalue weighted by Gasteiger charge is 2.19. The number of morpholine rings is 1. The number of rotatable bonds is 4. The van der Waals surface area contributed by atoms with E-state index >= 15 is 0 Å². The van der Waals surface area contributed by atoms with Gasteiger partial charge in [-0.25, -0.2) is 0 Å². The van der Waals surface area contributed by atoms with E-state index in [-0.39, 0.29) is 6.04 Å². The van der Waals surface area contributed by atoms with Gasteiger partial charge in [0.2, 0.25) is 0 Å². The summed E-state index contributed by atoms with van der Waals surface area (Å²) in [5, 5.41) is 3.47. The number of hydrogen-bond donors (Lipinski definition) is 2. The van der Waals surface area contributed by atoms with Crippen LogP contribution < -0.4 is 11.1 Å². The molecular weight excluding hydrogens is 236 g/mol. The van der Waals surface area contributed by atoms with E-state index < -0.39 is 0 Å². The van der Waals surface area contributed by atoms with Crippen LogP contribution in [0.2, 0.25) is 0 Å². The van der Waals surface area contributed by atoms with Crippen LogP contribution in [0.1, 0.15) is 48.9 Å². The zero-order valence-corrected chi connectivity index (χ0v) is 12.3. The Morgan fingerprint density at radius 2 is 2.21 bits per heavy atom. The number of aryl methyl sites for hydroxylation is 1. The molecule has 2 unspecified atom stereocenters. The normalized spacial score (nSPS) is 21.6. The van der Waals surface area contributed by atoms with Crippen molar-refractivity contribution in [3.05, 3.63) is 34.9 Å². The van der Waals surface area contributed by atoms with Crippen molar-refractivity contribution in [1.29, 1.82) is 0 Å². The Hall–Kier alpha value is -0.900. The van der Waals surface area contributed by atoms with Crippen LogP contribution in [0.3, 0.4) is 0 Å². The van der Waals surface area contributed by atoms with E-state index in [1.54, 1.807) is 0 Å². The number of hydrogen-bond acceptors (Lipinski definition) is 3. The predicted octanol–water partition coefficient (Wildman–Crippen LogP) is 2.50. The minimum atomic E-state index is 0.0814. The Kier molecular flexibility index (Phi) is 4.97. The lowest BCUT2D eigenvalue weighted by molar-refractivity contribution is 0.0719. The quantitative estimate of drug-likeness (QED) is 0.876. The molecule has 1 aromatic carbocycles. The van der Waals surface area contributed by atoms with E-state index in [0.717, 1.165) is 26.2 Å². The van der Waals surface area contributed by atoms with Crippen LogP contribution in [-0.4, -0.2) is 25.8 Å². The lowest BCUT2D eigenvalue weighted by Crippen LogP contribution is -2.42. The average molecular weight is 262 g/mol. The van der Waals surface area contributed by atoms with Crippen LogP contribution in [0.15, 0.2) is 18.2 Å². The fourth-order valence-electron chi connectivity index (χ4n) is 2.62. The van der Waals surface area contributed by atoms with Crippen molar-refractivity contribution in [1.82, 2.24) is 5.32 Å². The Balaban J connectivity index is 2.08. The molecule has 1 saturated heterocycles. The van der Waals surface area contributed by atoms with Crippen LogP contribution in [0.4, 0.5) is 0 Å². The van der Waals surface area contributed by atoms with Gasteiger partial charge in [0.25, 0.3) is 0 Å². The highest BCUT2D eigenvalue weighted by Crippen LogP contribution is 2.25. The molecule has 1 aromatic rings. The Morgan fingerprint density at radius 3 is 2.84 bits per heavy atom.